The molecular formula is C14H23N5. The molecule has 0 unspecified atom stereocenters. The summed E-state index contributed by atoms with van der Waals surface area (Å²) in [7, 11) is 2.18. The maximum atomic E-state index is 4.38. The van der Waals surface area contributed by atoms with E-state index >= 15 is 0 Å². The second-order valence-electron chi connectivity index (χ2n) is 5.68. The summed E-state index contributed by atoms with van der Waals surface area (Å²) in [6.45, 7) is 5.25. The number of nitrogens with one attached hydrogen (secondary N) is 1. The largest absolute Gasteiger partial charge is 0.354 e. The molecule has 0 amide bonds. The highest BCUT2D eigenvalue weighted by Gasteiger charge is 2.20. The quantitative estimate of drug-likeness (QED) is 0.871. The molecule has 0 spiro atoms. The molecular weight excluding hydrogens is 238 g/mol. The Morgan fingerprint density at radius 2 is 2.05 bits per heavy atom. The van der Waals surface area contributed by atoms with Crippen LogP contribution in [0.1, 0.15) is 25.0 Å². The second-order valence-corrected chi connectivity index (χ2v) is 5.68. The maximum absolute atomic E-state index is 4.38. The molecule has 0 aromatic carbocycles. The molecule has 0 radical (unpaired) electrons. The summed E-state index contributed by atoms with van der Waals surface area (Å²) in [5.74, 6) is 1.02. The SMILES string of the molecule is CN1CCCN(c2ccc(CNC3CC3)nn2)CC1. The highest BCUT2D eigenvalue weighted by atomic mass is 15.3. The molecule has 2 aliphatic rings. The van der Waals surface area contributed by atoms with Gasteiger partial charge in [-0.15, -0.1) is 5.10 Å². The van der Waals surface area contributed by atoms with Crippen molar-refractivity contribution in [3.05, 3.63) is 17.8 Å². The highest BCUT2D eigenvalue weighted by molar-refractivity contribution is 5.37. The molecule has 1 aromatic rings. The molecule has 5 heteroatoms. The number of hydrogen-bond donors (Lipinski definition) is 1. The van der Waals surface area contributed by atoms with E-state index in [0.29, 0.717) is 0 Å². The van der Waals surface area contributed by atoms with Crippen molar-refractivity contribution in [3.8, 4) is 0 Å². The van der Waals surface area contributed by atoms with Gasteiger partial charge in [0.05, 0.1) is 5.69 Å². The second kappa shape index (κ2) is 5.84. The third-order valence-corrected chi connectivity index (χ3v) is 3.90. The van der Waals surface area contributed by atoms with Crippen molar-refractivity contribution in [2.75, 3.05) is 38.1 Å². The first kappa shape index (κ1) is 12.8. The topological polar surface area (TPSA) is 44.3 Å². The molecule has 3 rings (SSSR count). The van der Waals surface area contributed by atoms with Crippen molar-refractivity contribution in [3.63, 3.8) is 0 Å². The zero-order valence-electron chi connectivity index (χ0n) is 11.7. The van der Waals surface area contributed by atoms with E-state index in [0.717, 1.165) is 43.7 Å². The van der Waals surface area contributed by atoms with Crippen LogP contribution >= 0.6 is 0 Å². The van der Waals surface area contributed by atoms with E-state index < -0.39 is 0 Å². The Morgan fingerprint density at radius 1 is 1.16 bits per heavy atom. The fourth-order valence-corrected chi connectivity index (χ4v) is 2.43. The van der Waals surface area contributed by atoms with E-state index in [-0.39, 0.29) is 0 Å². The van der Waals surface area contributed by atoms with Crippen molar-refractivity contribution in [2.24, 2.45) is 0 Å². The summed E-state index contributed by atoms with van der Waals surface area (Å²) < 4.78 is 0. The van der Waals surface area contributed by atoms with Crippen molar-refractivity contribution >= 4 is 5.82 Å². The van der Waals surface area contributed by atoms with Crippen LogP contribution in [0, 0.1) is 0 Å². The predicted molar refractivity (Wildman–Crippen MR) is 76.2 cm³/mol. The first-order valence-electron chi connectivity index (χ1n) is 7.31. The normalized spacial score (nSPS) is 21.4. The van der Waals surface area contributed by atoms with Gasteiger partial charge < -0.3 is 15.1 Å². The van der Waals surface area contributed by atoms with Gasteiger partial charge in [0, 0.05) is 32.2 Å². The molecule has 1 saturated heterocycles. The van der Waals surface area contributed by atoms with Gasteiger partial charge in [0.2, 0.25) is 0 Å². The van der Waals surface area contributed by atoms with E-state index in [1.54, 1.807) is 0 Å². The molecule has 5 nitrogen and oxygen atoms in total. The monoisotopic (exact) mass is 261 g/mol. The van der Waals surface area contributed by atoms with Crippen LogP contribution in [0.25, 0.3) is 0 Å². The molecule has 1 saturated carbocycles. The van der Waals surface area contributed by atoms with Gasteiger partial charge in [0.1, 0.15) is 0 Å². The maximum Gasteiger partial charge on any atom is 0.151 e. The molecule has 0 atom stereocenters. The molecule has 1 aromatic heterocycles. The zero-order chi connectivity index (χ0) is 13.1. The van der Waals surface area contributed by atoms with Crippen LogP contribution in [0.2, 0.25) is 0 Å². The summed E-state index contributed by atoms with van der Waals surface area (Å²) >= 11 is 0. The fraction of sp³-hybridized carbons (Fsp3) is 0.714. The van der Waals surface area contributed by atoms with Crippen molar-refractivity contribution in [1.82, 2.24) is 20.4 Å². The minimum absolute atomic E-state index is 0.725. The van der Waals surface area contributed by atoms with Crippen molar-refractivity contribution in [2.45, 2.75) is 31.8 Å². The summed E-state index contributed by atoms with van der Waals surface area (Å²) in [5.41, 5.74) is 1.04. The molecule has 2 fully saturated rings. The number of nitrogens with zero attached hydrogens (tertiary/aromatic N) is 4. The highest BCUT2D eigenvalue weighted by Crippen LogP contribution is 2.19. The first-order chi connectivity index (χ1) is 9.31. The Hall–Kier alpha value is -1.20. The van der Waals surface area contributed by atoms with Gasteiger partial charge in [-0.05, 0) is 45.0 Å². The standard InChI is InChI=1S/C14H23N5/c1-18-7-2-8-19(10-9-18)14-6-5-13(16-17-14)11-15-12-3-4-12/h5-6,12,15H,2-4,7-11H2,1H3. The van der Waals surface area contributed by atoms with E-state index in [9.17, 15) is 0 Å². The molecule has 104 valence electrons. The molecule has 0 bridgehead atoms. The number of aromatic nitrogens is 2. The van der Waals surface area contributed by atoms with Gasteiger partial charge in [-0.2, -0.15) is 5.10 Å². The fourth-order valence-electron chi connectivity index (χ4n) is 2.43. The number of hydrogen-bond acceptors (Lipinski definition) is 5. The van der Waals surface area contributed by atoms with Gasteiger partial charge in [-0.3, -0.25) is 0 Å². The van der Waals surface area contributed by atoms with Crippen molar-refractivity contribution < 1.29 is 0 Å². The van der Waals surface area contributed by atoms with Gasteiger partial charge in [0.25, 0.3) is 0 Å². The average Bonchev–Trinajstić information content (AvgIpc) is 3.25. The third kappa shape index (κ3) is 3.64. The predicted octanol–water partition coefficient (Wildman–Crippen LogP) is 0.870. The van der Waals surface area contributed by atoms with E-state index in [2.05, 4.69) is 44.5 Å². The lowest BCUT2D eigenvalue weighted by Crippen LogP contribution is -2.29. The lowest BCUT2D eigenvalue weighted by Gasteiger charge is -2.21. The molecule has 2 heterocycles. The first-order valence-corrected chi connectivity index (χ1v) is 7.31. The summed E-state index contributed by atoms with van der Waals surface area (Å²) in [4.78, 5) is 4.72. The Labute approximate surface area is 115 Å². The zero-order valence-corrected chi connectivity index (χ0v) is 11.7. The molecule has 1 aliphatic carbocycles. The Bertz CT molecular complexity index is 401. The van der Waals surface area contributed by atoms with Crippen LogP contribution in [-0.4, -0.2) is 54.4 Å². The minimum Gasteiger partial charge on any atom is -0.354 e. The van der Waals surface area contributed by atoms with Crippen molar-refractivity contribution in [1.29, 1.82) is 0 Å². The minimum atomic E-state index is 0.725. The third-order valence-electron chi connectivity index (χ3n) is 3.90. The van der Waals surface area contributed by atoms with Gasteiger partial charge in [0.15, 0.2) is 5.82 Å². The van der Waals surface area contributed by atoms with Crippen LogP contribution < -0.4 is 10.2 Å². The molecule has 1 aliphatic heterocycles. The number of rotatable bonds is 4. The smallest absolute Gasteiger partial charge is 0.151 e. The molecule has 19 heavy (non-hydrogen) atoms. The van der Waals surface area contributed by atoms with E-state index in [1.807, 2.05) is 0 Å². The lowest BCUT2D eigenvalue weighted by molar-refractivity contribution is 0.360. The lowest BCUT2D eigenvalue weighted by atomic mass is 10.3. The van der Waals surface area contributed by atoms with E-state index in [4.69, 9.17) is 0 Å². The Morgan fingerprint density at radius 3 is 2.79 bits per heavy atom. The van der Waals surface area contributed by atoms with Crippen LogP contribution in [-0.2, 0) is 6.54 Å². The van der Waals surface area contributed by atoms with Gasteiger partial charge >= 0.3 is 0 Å². The summed E-state index contributed by atoms with van der Waals surface area (Å²) in [6.07, 6.45) is 3.82. The number of anilines is 1. The van der Waals surface area contributed by atoms with Crippen LogP contribution in [0.4, 0.5) is 5.82 Å². The average molecular weight is 261 g/mol. The van der Waals surface area contributed by atoms with Gasteiger partial charge in [-0.1, -0.05) is 0 Å². The van der Waals surface area contributed by atoms with E-state index in [1.165, 1.54) is 25.8 Å². The molecule has 1 N–H and O–H groups in total. The van der Waals surface area contributed by atoms with Crippen LogP contribution in [0.15, 0.2) is 12.1 Å². The van der Waals surface area contributed by atoms with Crippen LogP contribution in [0.3, 0.4) is 0 Å². The van der Waals surface area contributed by atoms with Gasteiger partial charge in [-0.25, -0.2) is 0 Å². The van der Waals surface area contributed by atoms with Crippen LogP contribution in [0.5, 0.6) is 0 Å². The Kier molecular flexibility index (Phi) is 3.94. The summed E-state index contributed by atoms with van der Waals surface area (Å²) in [6, 6.07) is 4.94. The number of likely N-dealkylation sites (N-methyl/N-ethyl adjacent to an activating group) is 1. The summed E-state index contributed by atoms with van der Waals surface area (Å²) in [5, 5.41) is 12.2. The Balaban J connectivity index is 1.57.